The Kier molecular flexibility index (Phi) is 10.2. The van der Waals surface area contributed by atoms with Crippen molar-refractivity contribution >= 4 is 29.9 Å². The van der Waals surface area contributed by atoms with Crippen LogP contribution in [-0.2, 0) is 24.2 Å². The minimum absolute atomic E-state index is 0. The number of aromatic nitrogens is 3. The molecule has 0 radical (unpaired) electrons. The lowest BCUT2D eigenvalue weighted by Crippen LogP contribution is -2.46. The van der Waals surface area contributed by atoms with E-state index in [0.717, 1.165) is 75.7 Å². The number of halogens is 1. The third-order valence-corrected chi connectivity index (χ3v) is 6.11. The Labute approximate surface area is 213 Å². The molecule has 4 rings (SSSR count). The Hall–Kier alpha value is -1.92. The SMILES string of the molecule is CCNC(=NCc1nnc2n1CCCC2)NCC(c1ccc(OC)cc1)N1CCOCC1.I. The number of guanidine groups is 1. The van der Waals surface area contributed by atoms with Crippen LogP contribution < -0.4 is 15.4 Å². The van der Waals surface area contributed by atoms with E-state index in [1.807, 2.05) is 12.1 Å². The summed E-state index contributed by atoms with van der Waals surface area (Å²) in [5.74, 6) is 3.70. The van der Waals surface area contributed by atoms with Crippen molar-refractivity contribution in [3.05, 3.63) is 41.5 Å². The second-order valence-electron chi connectivity index (χ2n) is 8.15. The number of hydrogen-bond acceptors (Lipinski definition) is 6. The fraction of sp³-hybridized carbons (Fsp3) is 0.609. The number of aryl methyl sites for hydroxylation is 1. The summed E-state index contributed by atoms with van der Waals surface area (Å²) in [5.41, 5.74) is 1.25. The molecule has 2 aliphatic rings. The van der Waals surface area contributed by atoms with Crippen molar-refractivity contribution in [1.29, 1.82) is 0 Å². The van der Waals surface area contributed by atoms with E-state index in [0.29, 0.717) is 6.54 Å². The number of hydrogen-bond donors (Lipinski definition) is 2. The van der Waals surface area contributed by atoms with Gasteiger partial charge in [0.2, 0.25) is 0 Å². The van der Waals surface area contributed by atoms with E-state index in [1.165, 1.54) is 18.4 Å². The first-order valence-corrected chi connectivity index (χ1v) is 11.7. The van der Waals surface area contributed by atoms with Gasteiger partial charge in [0.1, 0.15) is 18.1 Å². The fourth-order valence-corrected chi connectivity index (χ4v) is 4.34. The highest BCUT2D eigenvalue weighted by Crippen LogP contribution is 2.23. The van der Waals surface area contributed by atoms with Crippen molar-refractivity contribution in [1.82, 2.24) is 30.3 Å². The van der Waals surface area contributed by atoms with Gasteiger partial charge in [-0.25, -0.2) is 4.99 Å². The van der Waals surface area contributed by atoms with Gasteiger partial charge in [-0.2, -0.15) is 0 Å². The molecule has 182 valence electrons. The zero-order valence-corrected chi connectivity index (χ0v) is 22.0. The number of nitrogens with one attached hydrogen (secondary N) is 2. The van der Waals surface area contributed by atoms with E-state index < -0.39 is 0 Å². The number of ether oxygens (including phenoxy) is 2. The van der Waals surface area contributed by atoms with Gasteiger partial charge in [0.05, 0.1) is 26.4 Å². The summed E-state index contributed by atoms with van der Waals surface area (Å²) in [6, 6.07) is 8.56. The van der Waals surface area contributed by atoms with Crippen molar-refractivity contribution < 1.29 is 9.47 Å². The summed E-state index contributed by atoms with van der Waals surface area (Å²) in [7, 11) is 1.70. The van der Waals surface area contributed by atoms with E-state index in [9.17, 15) is 0 Å². The maximum atomic E-state index is 5.58. The number of nitrogens with zero attached hydrogens (tertiary/aromatic N) is 5. The molecule has 1 aromatic carbocycles. The second kappa shape index (κ2) is 13.1. The zero-order valence-electron chi connectivity index (χ0n) is 19.6. The highest BCUT2D eigenvalue weighted by Gasteiger charge is 2.23. The average molecular weight is 569 g/mol. The fourth-order valence-electron chi connectivity index (χ4n) is 4.34. The lowest BCUT2D eigenvalue weighted by atomic mass is 10.0. The Bertz CT molecular complexity index is 881. The number of fused-ring (bicyclic) bond motifs is 1. The third-order valence-electron chi connectivity index (χ3n) is 6.11. The zero-order chi connectivity index (χ0) is 22.2. The first-order valence-electron chi connectivity index (χ1n) is 11.7. The summed E-state index contributed by atoms with van der Waals surface area (Å²) < 4.78 is 13.1. The van der Waals surface area contributed by atoms with Crippen LogP contribution in [0.5, 0.6) is 5.75 Å². The minimum Gasteiger partial charge on any atom is -0.497 e. The first kappa shape index (κ1) is 25.7. The monoisotopic (exact) mass is 569 g/mol. The lowest BCUT2D eigenvalue weighted by Gasteiger charge is -2.35. The Balaban J connectivity index is 0.00000306. The number of methoxy groups -OCH3 is 1. The van der Waals surface area contributed by atoms with E-state index in [-0.39, 0.29) is 30.0 Å². The number of benzene rings is 1. The van der Waals surface area contributed by atoms with Crippen molar-refractivity contribution in [2.24, 2.45) is 4.99 Å². The van der Waals surface area contributed by atoms with Crippen LogP contribution in [0, 0.1) is 0 Å². The molecule has 0 saturated carbocycles. The van der Waals surface area contributed by atoms with Crippen LogP contribution in [0.3, 0.4) is 0 Å². The summed E-state index contributed by atoms with van der Waals surface area (Å²) in [5, 5.41) is 15.6. The van der Waals surface area contributed by atoms with E-state index in [1.54, 1.807) is 7.11 Å². The highest BCUT2D eigenvalue weighted by molar-refractivity contribution is 14.0. The molecule has 1 saturated heterocycles. The van der Waals surface area contributed by atoms with Crippen LogP contribution in [0.2, 0.25) is 0 Å². The van der Waals surface area contributed by atoms with Gasteiger partial charge in [-0.05, 0) is 37.5 Å². The lowest BCUT2D eigenvalue weighted by molar-refractivity contribution is 0.0170. The molecule has 33 heavy (non-hydrogen) atoms. The van der Waals surface area contributed by atoms with Crippen LogP contribution in [-0.4, -0.2) is 72.1 Å². The molecule has 2 aromatic rings. The maximum absolute atomic E-state index is 5.58. The van der Waals surface area contributed by atoms with Gasteiger partial charge in [-0.15, -0.1) is 34.2 Å². The normalized spacial score (nSPS) is 17.6. The quantitative estimate of drug-likeness (QED) is 0.287. The predicted molar refractivity (Wildman–Crippen MR) is 139 cm³/mol. The average Bonchev–Trinajstić information content (AvgIpc) is 3.27. The molecular formula is C23H36IN7O2. The van der Waals surface area contributed by atoms with Crippen LogP contribution in [0.25, 0.3) is 0 Å². The van der Waals surface area contributed by atoms with E-state index in [2.05, 4.69) is 49.4 Å². The van der Waals surface area contributed by atoms with Crippen LogP contribution in [0.4, 0.5) is 0 Å². The van der Waals surface area contributed by atoms with Crippen LogP contribution in [0.15, 0.2) is 29.3 Å². The van der Waals surface area contributed by atoms with Crippen molar-refractivity contribution in [2.75, 3.05) is 46.5 Å². The number of rotatable bonds is 8. The molecule has 9 nitrogen and oxygen atoms in total. The number of morpholine rings is 1. The molecule has 10 heteroatoms. The van der Waals surface area contributed by atoms with Crippen LogP contribution in [0.1, 0.15) is 43.0 Å². The van der Waals surface area contributed by atoms with Gasteiger partial charge in [0.15, 0.2) is 11.8 Å². The number of aliphatic imine (C=N–C) groups is 1. The third kappa shape index (κ3) is 6.80. The molecular weight excluding hydrogens is 533 g/mol. The van der Waals surface area contributed by atoms with E-state index >= 15 is 0 Å². The van der Waals surface area contributed by atoms with Crippen molar-refractivity contribution in [2.45, 2.75) is 45.3 Å². The van der Waals surface area contributed by atoms with Gasteiger partial charge in [0.25, 0.3) is 0 Å². The van der Waals surface area contributed by atoms with Crippen molar-refractivity contribution in [3.8, 4) is 5.75 Å². The minimum atomic E-state index is 0. The van der Waals surface area contributed by atoms with Gasteiger partial charge >= 0.3 is 0 Å². The molecule has 1 fully saturated rings. The molecule has 1 aromatic heterocycles. The topological polar surface area (TPSA) is 88.8 Å². The summed E-state index contributed by atoms with van der Waals surface area (Å²) >= 11 is 0. The van der Waals surface area contributed by atoms with Crippen molar-refractivity contribution in [3.63, 3.8) is 0 Å². The highest BCUT2D eigenvalue weighted by atomic mass is 127. The molecule has 2 N–H and O–H groups in total. The van der Waals surface area contributed by atoms with Crippen LogP contribution >= 0.6 is 24.0 Å². The summed E-state index contributed by atoms with van der Waals surface area (Å²) in [4.78, 5) is 7.28. The molecule has 1 unspecified atom stereocenters. The molecule has 0 spiro atoms. The molecule has 2 aliphatic heterocycles. The van der Waals surface area contributed by atoms with Gasteiger partial charge < -0.3 is 24.7 Å². The molecule has 1 atom stereocenters. The maximum Gasteiger partial charge on any atom is 0.191 e. The van der Waals surface area contributed by atoms with Gasteiger partial charge in [-0.1, -0.05) is 12.1 Å². The Morgan fingerprint density at radius 2 is 1.91 bits per heavy atom. The molecule has 3 heterocycles. The Morgan fingerprint density at radius 3 is 2.64 bits per heavy atom. The Morgan fingerprint density at radius 1 is 1.12 bits per heavy atom. The predicted octanol–water partition coefficient (Wildman–Crippen LogP) is 2.37. The standard InChI is InChI=1S/C23H35N7O2.HI/c1-3-24-23(26-17-22-28-27-21-6-4-5-11-30(21)22)25-16-20(29-12-14-32-15-13-29)18-7-9-19(31-2)10-8-18;/h7-10,20H,3-6,11-17H2,1-2H3,(H2,24,25,26);1H. The largest absolute Gasteiger partial charge is 0.497 e. The molecule has 0 amide bonds. The first-order chi connectivity index (χ1) is 15.8. The van der Waals surface area contributed by atoms with E-state index in [4.69, 9.17) is 14.5 Å². The summed E-state index contributed by atoms with van der Waals surface area (Å²) in [6.07, 6.45) is 3.39. The second-order valence-corrected chi connectivity index (χ2v) is 8.15. The van der Waals surface area contributed by atoms with Gasteiger partial charge in [0, 0.05) is 39.1 Å². The smallest absolute Gasteiger partial charge is 0.191 e. The summed E-state index contributed by atoms with van der Waals surface area (Å²) in [6.45, 7) is 8.50. The molecule has 0 aliphatic carbocycles. The van der Waals surface area contributed by atoms with Gasteiger partial charge in [-0.3, -0.25) is 4.90 Å². The molecule has 0 bridgehead atoms.